The van der Waals surface area contributed by atoms with Gasteiger partial charge in [0.2, 0.25) is 0 Å². The number of benzene rings is 2. The highest BCUT2D eigenvalue weighted by atomic mass is 15.4. The lowest BCUT2D eigenvalue weighted by atomic mass is 9.85. The van der Waals surface area contributed by atoms with E-state index in [9.17, 15) is 0 Å². The predicted molar refractivity (Wildman–Crippen MR) is 92.8 cm³/mol. The topological polar surface area (TPSA) is 12.0 Å². The minimum Gasteiger partial charge on any atom is -0.317 e. The lowest BCUT2D eigenvalue weighted by Crippen LogP contribution is -2.58. The number of quaternary nitrogens is 1. The summed E-state index contributed by atoms with van der Waals surface area (Å²) in [4.78, 5) is 0. The molecule has 0 saturated carbocycles. The van der Waals surface area contributed by atoms with Gasteiger partial charge in [-0.2, -0.15) is 0 Å². The molecule has 0 amide bonds. The molecule has 2 atom stereocenters. The van der Waals surface area contributed by atoms with E-state index in [2.05, 4.69) is 80.0 Å². The third-order valence-corrected chi connectivity index (χ3v) is 5.21. The van der Waals surface area contributed by atoms with Gasteiger partial charge in [0.05, 0.1) is 20.1 Å². The van der Waals surface area contributed by atoms with Gasteiger partial charge in [-0.1, -0.05) is 67.6 Å². The molecule has 116 valence electrons. The minimum absolute atomic E-state index is 0.505. The smallest absolute Gasteiger partial charge is 0.121 e. The minimum atomic E-state index is 0.505. The van der Waals surface area contributed by atoms with Crippen LogP contribution in [0.2, 0.25) is 0 Å². The molecule has 2 aromatic carbocycles. The van der Waals surface area contributed by atoms with E-state index in [-0.39, 0.29) is 0 Å². The lowest BCUT2D eigenvalue weighted by molar-refractivity contribution is -0.942. The van der Waals surface area contributed by atoms with Crippen LogP contribution in [0, 0.1) is 0 Å². The fraction of sp³-hybridized carbons (Fsp3) is 0.400. The van der Waals surface area contributed by atoms with Crippen LogP contribution in [0.3, 0.4) is 0 Å². The third kappa shape index (κ3) is 3.08. The van der Waals surface area contributed by atoms with Crippen LogP contribution in [0.4, 0.5) is 0 Å². The maximum Gasteiger partial charge on any atom is 0.121 e. The van der Waals surface area contributed by atoms with Crippen LogP contribution in [0.1, 0.15) is 30.0 Å². The number of piperazine rings is 1. The molecule has 2 nitrogen and oxygen atoms in total. The molecule has 1 saturated heterocycles. The molecular weight excluding hydrogens is 268 g/mol. The Morgan fingerprint density at radius 2 is 1.32 bits per heavy atom. The zero-order valence-electron chi connectivity index (χ0n) is 13.7. The maximum absolute atomic E-state index is 3.51. The maximum atomic E-state index is 3.51. The van der Waals surface area contributed by atoms with E-state index in [0.29, 0.717) is 12.0 Å². The van der Waals surface area contributed by atoms with Crippen molar-refractivity contribution in [2.75, 3.05) is 33.2 Å². The van der Waals surface area contributed by atoms with Gasteiger partial charge in [-0.05, 0) is 5.56 Å². The van der Waals surface area contributed by atoms with Crippen molar-refractivity contribution in [3.63, 3.8) is 0 Å². The molecule has 1 N–H and O–H groups in total. The molecule has 0 spiro atoms. The standard InChI is InChI=1S/C20H27N2/c1-17(18-9-5-3-6-10-18)20(19-11-7-4-8-12-19)22(2)15-13-21-14-16-22/h3-12,17,20-21H,13-16H2,1-2H3/q+1. The summed E-state index contributed by atoms with van der Waals surface area (Å²) in [6.45, 7) is 6.99. The molecule has 1 aliphatic rings. The molecule has 0 radical (unpaired) electrons. The van der Waals surface area contributed by atoms with Gasteiger partial charge < -0.3 is 9.80 Å². The molecule has 0 bridgehead atoms. The van der Waals surface area contributed by atoms with E-state index in [0.717, 1.165) is 17.6 Å². The van der Waals surface area contributed by atoms with E-state index >= 15 is 0 Å². The first-order valence-electron chi connectivity index (χ1n) is 8.35. The molecule has 1 aliphatic heterocycles. The van der Waals surface area contributed by atoms with Crippen molar-refractivity contribution < 1.29 is 4.48 Å². The van der Waals surface area contributed by atoms with Gasteiger partial charge in [0.15, 0.2) is 0 Å². The molecule has 2 unspecified atom stereocenters. The van der Waals surface area contributed by atoms with E-state index in [1.807, 2.05) is 0 Å². The molecule has 0 aromatic heterocycles. The summed E-state index contributed by atoms with van der Waals surface area (Å²) >= 11 is 0. The molecular formula is C20H27N2+. The van der Waals surface area contributed by atoms with Crippen molar-refractivity contribution in [1.82, 2.24) is 5.32 Å². The average molecular weight is 295 g/mol. The highest BCUT2D eigenvalue weighted by Gasteiger charge is 2.39. The van der Waals surface area contributed by atoms with Crippen molar-refractivity contribution in [2.24, 2.45) is 0 Å². The number of likely N-dealkylation sites (N-methyl/N-ethyl adjacent to an activating group) is 1. The van der Waals surface area contributed by atoms with Crippen LogP contribution in [-0.2, 0) is 0 Å². The highest BCUT2D eigenvalue weighted by Crippen LogP contribution is 2.39. The van der Waals surface area contributed by atoms with Crippen molar-refractivity contribution in [1.29, 1.82) is 0 Å². The second kappa shape index (κ2) is 6.64. The molecule has 1 fully saturated rings. The molecule has 22 heavy (non-hydrogen) atoms. The average Bonchev–Trinajstić information content (AvgIpc) is 2.57. The number of hydrogen-bond donors (Lipinski definition) is 1. The van der Waals surface area contributed by atoms with Gasteiger partial charge >= 0.3 is 0 Å². The first-order valence-corrected chi connectivity index (χ1v) is 8.35. The quantitative estimate of drug-likeness (QED) is 0.850. The van der Waals surface area contributed by atoms with Gasteiger partial charge in [-0.25, -0.2) is 0 Å². The largest absolute Gasteiger partial charge is 0.317 e. The van der Waals surface area contributed by atoms with Crippen LogP contribution in [0.25, 0.3) is 0 Å². The lowest BCUT2D eigenvalue weighted by Gasteiger charge is -2.47. The van der Waals surface area contributed by atoms with E-state index in [1.165, 1.54) is 24.2 Å². The third-order valence-electron chi connectivity index (χ3n) is 5.21. The molecule has 0 aliphatic carbocycles. The zero-order chi connectivity index (χ0) is 15.4. The van der Waals surface area contributed by atoms with Gasteiger partial charge in [0, 0.05) is 24.6 Å². The summed E-state index contributed by atoms with van der Waals surface area (Å²) in [7, 11) is 2.43. The number of nitrogens with zero attached hydrogens (tertiary/aromatic N) is 1. The van der Waals surface area contributed by atoms with E-state index in [4.69, 9.17) is 0 Å². The Morgan fingerprint density at radius 3 is 1.86 bits per heavy atom. The highest BCUT2D eigenvalue weighted by molar-refractivity contribution is 5.26. The number of rotatable bonds is 4. The van der Waals surface area contributed by atoms with Crippen molar-refractivity contribution in [3.8, 4) is 0 Å². The SMILES string of the molecule is CC(c1ccccc1)C(c1ccccc1)[N+]1(C)CCNCC1. The summed E-state index contributed by atoms with van der Waals surface area (Å²) in [6, 6.07) is 22.5. The van der Waals surface area contributed by atoms with Gasteiger partial charge in [0.25, 0.3) is 0 Å². The molecule has 3 rings (SSSR count). The van der Waals surface area contributed by atoms with E-state index < -0.39 is 0 Å². The Kier molecular flexibility index (Phi) is 4.60. The van der Waals surface area contributed by atoms with Crippen LogP contribution in [0.5, 0.6) is 0 Å². The van der Waals surface area contributed by atoms with Crippen LogP contribution in [0.15, 0.2) is 60.7 Å². The molecule has 1 heterocycles. The van der Waals surface area contributed by atoms with Crippen LogP contribution >= 0.6 is 0 Å². The van der Waals surface area contributed by atoms with Gasteiger partial charge in [-0.3, -0.25) is 0 Å². The summed E-state index contributed by atoms with van der Waals surface area (Å²) in [5, 5.41) is 3.51. The Hall–Kier alpha value is -1.64. The van der Waals surface area contributed by atoms with Crippen molar-refractivity contribution in [2.45, 2.75) is 18.9 Å². The number of nitrogens with one attached hydrogen (secondary N) is 1. The number of hydrogen-bond acceptors (Lipinski definition) is 1. The predicted octanol–water partition coefficient (Wildman–Crippen LogP) is 3.58. The Labute approximate surface area is 134 Å². The van der Waals surface area contributed by atoms with Crippen LogP contribution < -0.4 is 5.32 Å². The summed E-state index contributed by atoms with van der Waals surface area (Å²) in [6.07, 6.45) is 0. The first-order chi connectivity index (χ1) is 10.7. The second-order valence-corrected chi connectivity index (χ2v) is 6.73. The fourth-order valence-electron chi connectivity index (χ4n) is 3.96. The van der Waals surface area contributed by atoms with Gasteiger partial charge in [0.1, 0.15) is 6.04 Å². The Bertz CT molecular complexity index is 573. The fourth-order valence-corrected chi connectivity index (χ4v) is 3.96. The van der Waals surface area contributed by atoms with Gasteiger partial charge in [-0.15, -0.1) is 0 Å². The van der Waals surface area contributed by atoms with E-state index in [1.54, 1.807) is 0 Å². The summed E-state index contributed by atoms with van der Waals surface area (Å²) < 4.78 is 1.12. The van der Waals surface area contributed by atoms with Crippen LogP contribution in [-0.4, -0.2) is 37.7 Å². The van der Waals surface area contributed by atoms with Crippen molar-refractivity contribution in [3.05, 3.63) is 71.8 Å². The molecule has 2 aromatic rings. The second-order valence-electron chi connectivity index (χ2n) is 6.73. The molecule has 2 heteroatoms. The summed E-state index contributed by atoms with van der Waals surface area (Å²) in [5.74, 6) is 0.506. The Morgan fingerprint density at radius 1 is 0.818 bits per heavy atom. The zero-order valence-corrected chi connectivity index (χ0v) is 13.7. The van der Waals surface area contributed by atoms with Crippen molar-refractivity contribution >= 4 is 0 Å². The monoisotopic (exact) mass is 295 g/mol. The normalized spacial score (nSPS) is 20.3. The Balaban J connectivity index is 1.99. The summed E-state index contributed by atoms with van der Waals surface area (Å²) in [5.41, 5.74) is 2.90. The first kappa shape index (κ1) is 15.3.